The van der Waals surface area contributed by atoms with Gasteiger partial charge in [0.15, 0.2) is 0 Å². The fourth-order valence-corrected chi connectivity index (χ4v) is 6.43. The second-order valence-electron chi connectivity index (χ2n) is 9.77. The SMILES string of the molecule is CCOC(=O)c1cccc(NC(=O)C2[C@H]3C=C[C@]4(O3)C3C(C)C(=O)CC(c5ccco5)N3C(=O)[C@@H]24)c1. The summed E-state index contributed by atoms with van der Waals surface area (Å²) in [6, 6.07) is 8.91. The maximum atomic E-state index is 14.0. The molecule has 1 spiro atoms. The van der Waals surface area contributed by atoms with Gasteiger partial charge in [0.1, 0.15) is 17.1 Å². The average Bonchev–Trinajstić information content (AvgIpc) is 3.64. The molecule has 4 aliphatic heterocycles. The van der Waals surface area contributed by atoms with Crippen molar-refractivity contribution in [1.82, 2.24) is 4.90 Å². The number of anilines is 1. The Kier molecular flexibility index (Phi) is 5.15. The fourth-order valence-electron chi connectivity index (χ4n) is 6.43. The van der Waals surface area contributed by atoms with Crippen molar-refractivity contribution in [2.75, 3.05) is 11.9 Å². The van der Waals surface area contributed by atoms with Gasteiger partial charge >= 0.3 is 5.97 Å². The highest BCUT2D eigenvalue weighted by molar-refractivity contribution is 6.01. The number of hydrogen-bond donors (Lipinski definition) is 1. The van der Waals surface area contributed by atoms with Crippen LogP contribution in [0.5, 0.6) is 0 Å². The van der Waals surface area contributed by atoms with Gasteiger partial charge in [-0.3, -0.25) is 14.4 Å². The number of fused-ring (bicyclic) bond motifs is 2. The van der Waals surface area contributed by atoms with E-state index in [1.807, 2.05) is 19.1 Å². The quantitative estimate of drug-likeness (QED) is 0.506. The second kappa shape index (κ2) is 8.16. The zero-order valence-corrected chi connectivity index (χ0v) is 19.9. The lowest BCUT2D eigenvalue weighted by atomic mass is 9.70. The summed E-state index contributed by atoms with van der Waals surface area (Å²) in [5.74, 6) is -2.49. The molecule has 0 radical (unpaired) electrons. The first-order valence-electron chi connectivity index (χ1n) is 12.2. The minimum absolute atomic E-state index is 0.0320. The van der Waals surface area contributed by atoms with E-state index < -0.39 is 47.5 Å². The summed E-state index contributed by atoms with van der Waals surface area (Å²) >= 11 is 0. The zero-order chi connectivity index (χ0) is 25.2. The third kappa shape index (κ3) is 3.12. The van der Waals surface area contributed by atoms with E-state index >= 15 is 0 Å². The van der Waals surface area contributed by atoms with Crippen LogP contribution in [0.3, 0.4) is 0 Å². The molecule has 6 rings (SSSR count). The van der Waals surface area contributed by atoms with Crippen LogP contribution in [0.15, 0.2) is 59.2 Å². The van der Waals surface area contributed by atoms with Gasteiger partial charge in [0, 0.05) is 18.0 Å². The van der Waals surface area contributed by atoms with Gasteiger partial charge in [0.2, 0.25) is 11.8 Å². The van der Waals surface area contributed by atoms with Crippen molar-refractivity contribution >= 4 is 29.3 Å². The predicted molar refractivity (Wildman–Crippen MR) is 126 cm³/mol. The molecule has 1 N–H and O–H groups in total. The van der Waals surface area contributed by atoms with E-state index in [1.165, 1.54) is 6.26 Å². The summed E-state index contributed by atoms with van der Waals surface area (Å²) in [4.78, 5) is 54.4. The van der Waals surface area contributed by atoms with E-state index in [9.17, 15) is 19.2 Å². The summed E-state index contributed by atoms with van der Waals surface area (Å²) in [7, 11) is 0. The Morgan fingerprint density at radius 3 is 2.81 bits per heavy atom. The third-order valence-electron chi connectivity index (χ3n) is 7.90. The van der Waals surface area contributed by atoms with Crippen LogP contribution in [0, 0.1) is 17.8 Å². The molecule has 186 valence electrons. The topological polar surface area (TPSA) is 115 Å². The number of ether oxygens (including phenoxy) is 2. The fraction of sp³-hybridized carbons (Fsp3) is 0.407. The highest BCUT2D eigenvalue weighted by Gasteiger charge is 2.74. The first kappa shape index (κ1) is 22.7. The molecular formula is C27H26N2O7. The van der Waals surface area contributed by atoms with Gasteiger partial charge < -0.3 is 24.1 Å². The Hall–Kier alpha value is -3.72. The molecule has 4 unspecified atom stereocenters. The van der Waals surface area contributed by atoms with E-state index in [1.54, 1.807) is 48.2 Å². The number of hydrogen-bond acceptors (Lipinski definition) is 7. The molecule has 2 aromatic rings. The Morgan fingerprint density at radius 1 is 1.22 bits per heavy atom. The highest BCUT2D eigenvalue weighted by Crippen LogP contribution is 2.60. The highest BCUT2D eigenvalue weighted by atomic mass is 16.5. The smallest absolute Gasteiger partial charge is 0.338 e. The van der Waals surface area contributed by atoms with Crippen LogP contribution < -0.4 is 5.32 Å². The molecule has 4 aliphatic rings. The normalized spacial score (nSPS) is 34.0. The molecule has 3 saturated heterocycles. The number of carbonyl (C=O) groups is 4. The van der Waals surface area contributed by atoms with Gasteiger partial charge in [-0.1, -0.05) is 25.1 Å². The number of esters is 1. The van der Waals surface area contributed by atoms with E-state index in [0.717, 1.165) is 0 Å². The van der Waals surface area contributed by atoms with Crippen molar-refractivity contribution in [3.8, 4) is 0 Å². The summed E-state index contributed by atoms with van der Waals surface area (Å²) < 4.78 is 17.0. The van der Waals surface area contributed by atoms with E-state index in [2.05, 4.69) is 5.32 Å². The van der Waals surface area contributed by atoms with E-state index in [0.29, 0.717) is 17.0 Å². The molecule has 2 bridgehead atoms. The van der Waals surface area contributed by atoms with Gasteiger partial charge in [-0.25, -0.2) is 4.79 Å². The molecule has 1 aromatic heterocycles. The molecule has 9 heteroatoms. The van der Waals surface area contributed by atoms with Crippen molar-refractivity contribution in [2.24, 2.45) is 17.8 Å². The van der Waals surface area contributed by atoms with Crippen LogP contribution in [0.2, 0.25) is 0 Å². The Balaban J connectivity index is 1.32. The number of Topliss-reactive ketones (excluding diaryl/α,β-unsaturated/α-hetero) is 1. The lowest BCUT2D eigenvalue weighted by molar-refractivity contribution is -0.147. The summed E-state index contributed by atoms with van der Waals surface area (Å²) in [6.45, 7) is 3.78. The molecule has 0 saturated carbocycles. The van der Waals surface area contributed by atoms with Gasteiger partial charge in [0.05, 0.1) is 48.5 Å². The minimum Gasteiger partial charge on any atom is -0.467 e. The average molecular weight is 491 g/mol. The zero-order valence-electron chi connectivity index (χ0n) is 19.9. The van der Waals surface area contributed by atoms with Gasteiger partial charge in [-0.05, 0) is 37.3 Å². The van der Waals surface area contributed by atoms with Crippen LogP contribution >= 0.6 is 0 Å². The molecule has 7 atom stereocenters. The standard InChI is InChI=1S/C27H26N2O7/c1-3-34-26(33)15-6-4-7-16(12-15)28-24(31)21-20-9-10-27(36-20)22(21)25(32)29-17(19-8-5-11-35-19)13-18(30)14(2)23(27)29/h4-12,14,17,20-23H,3,13H2,1-2H3,(H,28,31)/t14?,17?,20-,21?,22-,23?,27-/m1/s1. The van der Waals surface area contributed by atoms with Gasteiger partial charge in [0.25, 0.3) is 0 Å². The number of furan rings is 1. The number of rotatable bonds is 5. The van der Waals surface area contributed by atoms with Gasteiger partial charge in [-0.15, -0.1) is 0 Å². The lowest BCUT2D eigenvalue weighted by Gasteiger charge is -2.43. The maximum absolute atomic E-state index is 14.0. The summed E-state index contributed by atoms with van der Waals surface area (Å²) in [5.41, 5.74) is -0.318. The Labute approximate surface area is 207 Å². The number of piperidine rings is 1. The summed E-state index contributed by atoms with van der Waals surface area (Å²) in [6.07, 6.45) is 4.78. The van der Waals surface area contributed by atoms with Crippen LogP contribution in [0.25, 0.3) is 0 Å². The molecule has 3 fully saturated rings. The van der Waals surface area contributed by atoms with Crippen molar-refractivity contribution in [3.63, 3.8) is 0 Å². The number of carbonyl (C=O) groups excluding carboxylic acids is 4. The van der Waals surface area contributed by atoms with E-state index in [-0.39, 0.29) is 30.6 Å². The minimum atomic E-state index is -1.06. The number of nitrogens with zero attached hydrogens (tertiary/aromatic N) is 1. The Morgan fingerprint density at radius 2 is 2.06 bits per heavy atom. The van der Waals surface area contributed by atoms with Gasteiger partial charge in [-0.2, -0.15) is 0 Å². The number of ketones is 1. The first-order valence-corrected chi connectivity index (χ1v) is 12.2. The van der Waals surface area contributed by atoms with Crippen molar-refractivity contribution in [3.05, 3.63) is 66.1 Å². The van der Waals surface area contributed by atoms with Crippen molar-refractivity contribution in [2.45, 2.75) is 44.1 Å². The molecule has 2 amide bonds. The molecule has 36 heavy (non-hydrogen) atoms. The van der Waals surface area contributed by atoms with Crippen LogP contribution in [-0.2, 0) is 23.9 Å². The number of amides is 2. The maximum Gasteiger partial charge on any atom is 0.338 e. The van der Waals surface area contributed by atoms with Crippen molar-refractivity contribution in [1.29, 1.82) is 0 Å². The third-order valence-corrected chi connectivity index (χ3v) is 7.90. The van der Waals surface area contributed by atoms with Crippen LogP contribution in [0.1, 0.15) is 42.4 Å². The molecule has 1 aromatic carbocycles. The van der Waals surface area contributed by atoms with Crippen molar-refractivity contribution < 1.29 is 33.1 Å². The number of benzene rings is 1. The Bertz CT molecular complexity index is 1280. The number of nitrogens with one attached hydrogen (secondary N) is 1. The first-order chi connectivity index (χ1) is 17.4. The lowest BCUT2D eigenvalue weighted by Crippen LogP contribution is -2.55. The second-order valence-corrected chi connectivity index (χ2v) is 9.77. The summed E-state index contributed by atoms with van der Waals surface area (Å²) in [5, 5.41) is 2.86. The molecule has 5 heterocycles. The largest absolute Gasteiger partial charge is 0.467 e. The van der Waals surface area contributed by atoms with Crippen LogP contribution in [-0.4, -0.2) is 52.8 Å². The van der Waals surface area contributed by atoms with E-state index in [4.69, 9.17) is 13.9 Å². The molecule has 0 aliphatic carbocycles. The molecule has 9 nitrogen and oxygen atoms in total. The van der Waals surface area contributed by atoms with Crippen LogP contribution in [0.4, 0.5) is 5.69 Å². The molecular weight excluding hydrogens is 464 g/mol. The monoisotopic (exact) mass is 490 g/mol. The predicted octanol–water partition coefficient (Wildman–Crippen LogP) is 2.90.